The highest BCUT2D eigenvalue weighted by molar-refractivity contribution is 7.52. The molecule has 0 unspecified atom stereocenters. The largest absolute Gasteiger partial charge is 0.332 e. The van der Waals surface area contributed by atoms with Gasteiger partial charge < -0.3 is 9.79 Å². The third-order valence-corrected chi connectivity index (χ3v) is 2.48. The van der Waals surface area contributed by atoms with Crippen LogP contribution in [0.15, 0.2) is 12.2 Å². The molecular formula is C9H15O5P. The molecule has 0 aromatic carbocycles. The summed E-state index contributed by atoms with van der Waals surface area (Å²) in [6.45, 7) is 5.04. The maximum Gasteiger partial charge on any atom is 0.332 e. The van der Waals surface area contributed by atoms with Crippen LogP contribution in [0.1, 0.15) is 26.2 Å². The van der Waals surface area contributed by atoms with Crippen LogP contribution >= 0.6 is 7.60 Å². The van der Waals surface area contributed by atoms with Gasteiger partial charge in [-0.25, -0.2) is 0 Å². The first-order valence-electron chi connectivity index (χ1n) is 4.47. The standard InChI is InChI=1S/C9H15O5P/c1-7(2)9(11)5-3-4-8(10)6-15(12,13)14/h1,3-6H2,2H3,(H2,12,13,14). The van der Waals surface area contributed by atoms with E-state index in [1.807, 2.05) is 0 Å². The summed E-state index contributed by atoms with van der Waals surface area (Å²) >= 11 is 0. The van der Waals surface area contributed by atoms with Crippen molar-refractivity contribution in [3.8, 4) is 0 Å². The van der Waals surface area contributed by atoms with Crippen molar-refractivity contribution in [2.24, 2.45) is 0 Å². The molecule has 0 aliphatic carbocycles. The number of allylic oxidation sites excluding steroid dienone is 1. The number of carbonyl (C=O) groups excluding carboxylic acids is 2. The Hall–Kier alpha value is -0.770. The fourth-order valence-corrected chi connectivity index (χ4v) is 1.59. The van der Waals surface area contributed by atoms with Crippen LogP contribution in [0.3, 0.4) is 0 Å². The van der Waals surface area contributed by atoms with Crippen LogP contribution in [0, 0.1) is 0 Å². The molecular weight excluding hydrogens is 219 g/mol. The fraction of sp³-hybridized carbons (Fsp3) is 0.556. The average Bonchev–Trinajstić information content (AvgIpc) is 2.00. The maximum absolute atomic E-state index is 11.0. The topological polar surface area (TPSA) is 91.7 Å². The average molecular weight is 234 g/mol. The SMILES string of the molecule is C=C(C)C(=O)CCCC(=O)CP(=O)(O)O. The molecule has 0 bridgehead atoms. The number of rotatable bonds is 7. The van der Waals surface area contributed by atoms with Gasteiger partial charge in [-0.1, -0.05) is 6.58 Å². The summed E-state index contributed by atoms with van der Waals surface area (Å²) in [4.78, 5) is 39.0. The molecule has 0 aliphatic rings. The zero-order valence-corrected chi connectivity index (χ0v) is 9.50. The Bertz CT molecular complexity index is 314. The van der Waals surface area contributed by atoms with Crippen molar-refractivity contribution in [2.45, 2.75) is 26.2 Å². The van der Waals surface area contributed by atoms with Crippen LogP contribution in [-0.4, -0.2) is 27.5 Å². The molecule has 86 valence electrons. The molecule has 0 atom stereocenters. The summed E-state index contributed by atoms with van der Waals surface area (Å²) < 4.78 is 10.4. The molecule has 2 N–H and O–H groups in total. The number of carbonyl (C=O) groups is 2. The lowest BCUT2D eigenvalue weighted by Gasteiger charge is -2.02. The van der Waals surface area contributed by atoms with Gasteiger partial charge in [0.15, 0.2) is 5.78 Å². The first-order chi connectivity index (χ1) is 6.72. The van der Waals surface area contributed by atoms with E-state index in [1.165, 1.54) is 0 Å². The Morgan fingerprint density at radius 3 is 2.20 bits per heavy atom. The number of ketones is 2. The van der Waals surface area contributed by atoms with E-state index >= 15 is 0 Å². The van der Waals surface area contributed by atoms with Crippen LogP contribution in [0.4, 0.5) is 0 Å². The lowest BCUT2D eigenvalue weighted by atomic mass is 10.1. The van der Waals surface area contributed by atoms with Gasteiger partial charge in [-0.15, -0.1) is 0 Å². The zero-order valence-electron chi connectivity index (χ0n) is 8.60. The lowest BCUT2D eigenvalue weighted by Crippen LogP contribution is -2.06. The Morgan fingerprint density at radius 2 is 1.80 bits per heavy atom. The third-order valence-electron chi connectivity index (χ3n) is 1.72. The van der Waals surface area contributed by atoms with E-state index in [4.69, 9.17) is 9.79 Å². The van der Waals surface area contributed by atoms with Gasteiger partial charge >= 0.3 is 7.60 Å². The summed E-state index contributed by atoms with van der Waals surface area (Å²) in [6.07, 6.45) is -0.217. The monoisotopic (exact) mass is 234 g/mol. The molecule has 0 fully saturated rings. The molecule has 5 nitrogen and oxygen atoms in total. The molecule has 0 heterocycles. The molecule has 0 saturated heterocycles. The molecule has 0 aliphatic heterocycles. The van der Waals surface area contributed by atoms with Gasteiger partial charge in [0, 0.05) is 12.8 Å². The van der Waals surface area contributed by atoms with E-state index in [2.05, 4.69) is 6.58 Å². The Morgan fingerprint density at radius 1 is 1.27 bits per heavy atom. The van der Waals surface area contributed by atoms with Gasteiger partial charge in [0.05, 0.1) is 0 Å². The highest BCUT2D eigenvalue weighted by Crippen LogP contribution is 2.34. The van der Waals surface area contributed by atoms with Crippen LogP contribution in [0.25, 0.3) is 0 Å². The second-order valence-corrected chi connectivity index (χ2v) is 5.06. The molecule has 0 aromatic rings. The third kappa shape index (κ3) is 8.24. The van der Waals surface area contributed by atoms with Crippen molar-refractivity contribution in [3.63, 3.8) is 0 Å². The first-order valence-corrected chi connectivity index (χ1v) is 6.27. The second kappa shape index (κ2) is 5.95. The predicted octanol–water partition coefficient (Wildman–Crippen LogP) is 1.05. The molecule has 0 spiro atoms. The molecule has 0 aromatic heterocycles. The second-order valence-electron chi connectivity index (χ2n) is 3.42. The summed E-state index contributed by atoms with van der Waals surface area (Å²) in [5.41, 5.74) is 0.428. The van der Waals surface area contributed by atoms with Crippen molar-refractivity contribution in [1.82, 2.24) is 0 Å². The highest BCUT2D eigenvalue weighted by Gasteiger charge is 2.18. The van der Waals surface area contributed by atoms with Gasteiger partial charge in [0.2, 0.25) is 0 Å². The van der Waals surface area contributed by atoms with Crippen LogP contribution in [-0.2, 0) is 14.2 Å². The van der Waals surface area contributed by atoms with Crippen molar-refractivity contribution in [2.75, 3.05) is 6.16 Å². The zero-order chi connectivity index (χ0) is 12.1. The van der Waals surface area contributed by atoms with Crippen LogP contribution in [0.5, 0.6) is 0 Å². The Balaban J connectivity index is 3.79. The lowest BCUT2D eigenvalue weighted by molar-refractivity contribution is -0.117. The van der Waals surface area contributed by atoms with Crippen LogP contribution in [0.2, 0.25) is 0 Å². The minimum absolute atomic E-state index is 0.0180. The van der Waals surface area contributed by atoms with Crippen molar-refractivity contribution in [3.05, 3.63) is 12.2 Å². The van der Waals surface area contributed by atoms with E-state index in [-0.39, 0.29) is 18.6 Å². The molecule has 0 radical (unpaired) electrons. The minimum atomic E-state index is -4.26. The van der Waals surface area contributed by atoms with Crippen molar-refractivity contribution >= 4 is 19.2 Å². The summed E-state index contributed by atoms with van der Waals surface area (Å²) in [5, 5.41) is 0. The van der Waals surface area contributed by atoms with E-state index in [1.54, 1.807) is 6.92 Å². The van der Waals surface area contributed by atoms with E-state index < -0.39 is 19.5 Å². The summed E-state index contributed by atoms with van der Waals surface area (Å²) in [5.74, 6) is -0.642. The first kappa shape index (κ1) is 14.2. The summed E-state index contributed by atoms with van der Waals surface area (Å²) in [6, 6.07) is 0. The van der Waals surface area contributed by atoms with Crippen molar-refractivity contribution < 1.29 is 23.9 Å². The van der Waals surface area contributed by atoms with Crippen LogP contribution < -0.4 is 0 Å². The molecule has 0 amide bonds. The molecule has 6 heteroatoms. The summed E-state index contributed by atoms with van der Waals surface area (Å²) in [7, 11) is -4.26. The number of Topliss-reactive ketones (excluding diaryl/α,β-unsaturated/α-hetero) is 2. The van der Waals surface area contributed by atoms with Gasteiger partial charge in [0.1, 0.15) is 11.9 Å². The molecule has 0 rings (SSSR count). The Labute approximate surface area is 88.3 Å². The van der Waals surface area contributed by atoms with E-state index in [0.29, 0.717) is 12.0 Å². The van der Waals surface area contributed by atoms with Gasteiger partial charge in [-0.2, -0.15) is 0 Å². The smallest absolute Gasteiger partial charge is 0.324 e. The number of hydrogen-bond acceptors (Lipinski definition) is 3. The highest BCUT2D eigenvalue weighted by atomic mass is 31.2. The van der Waals surface area contributed by atoms with Gasteiger partial charge in [-0.3, -0.25) is 14.2 Å². The fourth-order valence-electron chi connectivity index (χ4n) is 0.968. The maximum atomic E-state index is 11.0. The minimum Gasteiger partial charge on any atom is -0.324 e. The predicted molar refractivity (Wildman–Crippen MR) is 55.6 cm³/mol. The normalized spacial score (nSPS) is 11.1. The van der Waals surface area contributed by atoms with E-state index in [0.717, 1.165) is 0 Å². The van der Waals surface area contributed by atoms with Gasteiger partial charge in [-0.05, 0) is 18.9 Å². The Kier molecular flexibility index (Phi) is 5.65. The molecule has 15 heavy (non-hydrogen) atoms. The van der Waals surface area contributed by atoms with Crippen molar-refractivity contribution in [1.29, 1.82) is 0 Å². The number of hydrogen-bond donors (Lipinski definition) is 2. The molecule has 0 saturated carbocycles. The quantitative estimate of drug-likeness (QED) is 0.507. The van der Waals surface area contributed by atoms with E-state index in [9.17, 15) is 14.2 Å². The van der Waals surface area contributed by atoms with Gasteiger partial charge in [0.25, 0.3) is 0 Å².